The van der Waals surface area contributed by atoms with Gasteiger partial charge in [-0.25, -0.2) is 4.68 Å². The van der Waals surface area contributed by atoms with Gasteiger partial charge in [0, 0.05) is 49.9 Å². The molecule has 1 aliphatic rings. The fourth-order valence-corrected chi connectivity index (χ4v) is 3.85. The summed E-state index contributed by atoms with van der Waals surface area (Å²) in [7, 11) is 0. The normalized spacial score (nSPS) is 15.4. The monoisotopic (exact) mass is 449 g/mol. The van der Waals surface area contributed by atoms with E-state index in [1.165, 1.54) is 27.8 Å². The van der Waals surface area contributed by atoms with E-state index < -0.39 is 16.3 Å². The second-order valence-electron chi connectivity index (χ2n) is 7.84. The highest BCUT2D eigenvalue weighted by Gasteiger charge is 2.27. The third kappa shape index (κ3) is 4.96. The van der Waals surface area contributed by atoms with Gasteiger partial charge in [-0.15, -0.1) is 0 Å². The number of aryl methyl sites for hydroxylation is 1. The third-order valence-corrected chi connectivity index (χ3v) is 5.45. The van der Waals surface area contributed by atoms with Crippen LogP contribution in [0.4, 0.5) is 5.69 Å². The lowest BCUT2D eigenvalue weighted by molar-refractivity contribution is -0.384. The van der Waals surface area contributed by atoms with Crippen molar-refractivity contribution >= 4 is 11.6 Å². The van der Waals surface area contributed by atoms with Gasteiger partial charge in [-0.05, 0) is 37.5 Å². The van der Waals surface area contributed by atoms with Crippen LogP contribution in [0.15, 0.2) is 59.7 Å². The number of pyridine rings is 1. The van der Waals surface area contributed by atoms with Gasteiger partial charge in [-0.3, -0.25) is 24.7 Å². The molecule has 1 aliphatic heterocycles. The van der Waals surface area contributed by atoms with Crippen molar-refractivity contribution in [1.29, 1.82) is 0 Å². The molecule has 1 fully saturated rings. The number of amides is 1. The van der Waals surface area contributed by atoms with E-state index >= 15 is 0 Å². The van der Waals surface area contributed by atoms with Crippen molar-refractivity contribution in [3.63, 3.8) is 0 Å². The molecule has 33 heavy (non-hydrogen) atoms. The SMILES string of the molecule is Cc1cc(=O)c(C(=O)N(Cc2cccnc2)CC2CCCO2)nn1-c1ccccc1[N+](=O)[O-]. The van der Waals surface area contributed by atoms with Gasteiger partial charge in [0.05, 0.1) is 11.0 Å². The molecular formula is C23H23N5O5. The molecule has 0 bridgehead atoms. The maximum atomic E-state index is 13.5. The molecule has 0 aliphatic carbocycles. The van der Waals surface area contributed by atoms with Crippen LogP contribution in [0.25, 0.3) is 5.69 Å². The molecule has 0 N–H and O–H groups in total. The topological polar surface area (TPSA) is 120 Å². The Morgan fingerprint density at radius 2 is 2.12 bits per heavy atom. The molecule has 10 heteroatoms. The number of carbonyl (C=O) groups is 1. The van der Waals surface area contributed by atoms with E-state index in [1.54, 1.807) is 37.5 Å². The van der Waals surface area contributed by atoms with Crippen LogP contribution in [0.3, 0.4) is 0 Å². The number of carbonyl (C=O) groups excluding carboxylic acids is 1. The van der Waals surface area contributed by atoms with Gasteiger partial charge in [0.1, 0.15) is 5.69 Å². The summed E-state index contributed by atoms with van der Waals surface area (Å²) >= 11 is 0. The van der Waals surface area contributed by atoms with Crippen molar-refractivity contribution in [2.75, 3.05) is 13.2 Å². The zero-order valence-corrected chi connectivity index (χ0v) is 18.1. The van der Waals surface area contributed by atoms with Gasteiger partial charge in [0.15, 0.2) is 5.69 Å². The summed E-state index contributed by atoms with van der Waals surface area (Å²) < 4.78 is 6.97. The van der Waals surface area contributed by atoms with E-state index in [4.69, 9.17) is 4.74 Å². The van der Waals surface area contributed by atoms with E-state index in [0.29, 0.717) is 18.8 Å². The number of aromatic nitrogens is 3. The number of benzene rings is 1. The lowest BCUT2D eigenvalue weighted by Gasteiger charge is -2.25. The number of para-hydroxylation sites is 2. The number of hydrogen-bond donors (Lipinski definition) is 0. The third-order valence-electron chi connectivity index (χ3n) is 5.45. The summed E-state index contributed by atoms with van der Waals surface area (Å²) in [4.78, 5) is 42.9. The quantitative estimate of drug-likeness (QED) is 0.402. The Hall–Kier alpha value is -3.92. The number of nitro groups is 1. The number of nitrogens with zero attached hydrogens (tertiary/aromatic N) is 5. The van der Waals surface area contributed by atoms with Crippen molar-refractivity contribution in [2.45, 2.75) is 32.4 Å². The smallest absolute Gasteiger partial charge is 0.294 e. The largest absolute Gasteiger partial charge is 0.376 e. The molecule has 2 aromatic heterocycles. The predicted octanol–water partition coefficient (Wildman–Crippen LogP) is 2.67. The van der Waals surface area contributed by atoms with E-state index in [2.05, 4.69) is 10.1 Å². The van der Waals surface area contributed by atoms with Crippen LogP contribution in [-0.2, 0) is 11.3 Å². The molecular weight excluding hydrogens is 426 g/mol. The average molecular weight is 449 g/mol. The number of nitro benzene ring substituents is 1. The summed E-state index contributed by atoms with van der Waals surface area (Å²) in [5.74, 6) is -0.563. The Labute approximate surface area is 189 Å². The van der Waals surface area contributed by atoms with Gasteiger partial charge in [-0.2, -0.15) is 5.10 Å². The first kappa shape index (κ1) is 22.3. The molecule has 10 nitrogen and oxygen atoms in total. The first-order valence-electron chi connectivity index (χ1n) is 10.6. The zero-order valence-electron chi connectivity index (χ0n) is 18.1. The van der Waals surface area contributed by atoms with Crippen LogP contribution in [0.1, 0.15) is 34.6 Å². The first-order chi connectivity index (χ1) is 15.9. The van der Waals surface area contributed by atoms with Crippen LogP contribution >= 0.6 is 0 Å². The Morgan fingerprint density at radius 3 is 2.82 bits per heavy atom. The number of ether oxygens (including phenoxy) is 1. The van der Waals surface area contributed by atoms with Crippen molar-refractivity contribution in [3.05, 3.63) is 92.1 Å². The minimum absolute atomic E-state index is 0.131. The summed E-state index contributed by atoms with van der Waals surface area (Å²) in [5.41, 5.74) is 0.323. The average Bonchev–Trinajstić information content (AvgIpc) is 3.32. The molecule has 1 aromatic carbocycles. The fraction of sp³-hybridized carbons (Fsp3) is 0.304. The molecule has 0 radical (unpaired) electrons. The Kier molecular flexibility index (Phi) is 6.55. The standard InChI is InChI=1S/C23H23N5O5/c1-16-12-21(29)22(25-27(16)19-8-2-3-9-20(19)28(31)32)23(30)26(15-18-7-5-11-33-18)14-17-6-4-10-24-13-17/h2-4,6,8-10,12-13,18H,5,7,11,14-15H2,1H3. The van der Waals surface area contributed by atoms with Gasteiger partial charge in [0.2, 0.25) is 5.43 Å². The van der Waals surface area contributed by atoms with Gasteiger partial charge < -0.3 is 9.64 Å². The van der Waals surface area contributed by atoms with Crippen molar-refractivity contribution in [3.8, 4) is 5.69 Å². The van der Waals surface area contributed by atoms with Crippen LogP contribution in [-0.4, -0.2) is 49.8 Å². The molecule has 0 spiro atoms. The summed E-state index contributed by atoms with van der Waals surface area (Å²) in [5, 5.41) is 15.8. The van der Waals surface area contributed by atoms with Gasteiger partial charge in [-0.1, -0.05) is 18.2 Å². The molecule has 1 unspecified atom stereocenters. The van der Waals surface area contributed by atoms with Crippen LogP contribution in [0.5, 0.6) is 0 Å². The maximum absolute atomic E-state index is 13.5. The van der Waals surface area contributed by atoms with Gasteiger partial charge in [0.25, 0.3) is 11.6 Å². The minimum Gasteiger partial charge on any atom is -0.376 e. The molecule has 4 rings (SSSR count). The Balaban J connectivity index is 1.74. The molecule has 1 atom stereocenters. The van der Waals surface area contributed by atoms with Crippen LogP contribution in [0, 0.1) is 17.0 Å². The van der Waals surface area contributed by atoms with E-state index in [-0.39, 0.29) is 29.7 Å². The second-order valence-corrected chi connectivity index (χ2v) is 7.84. The highest BCUT2D eigenvalue weighted by molar-refractivity contribution is 5.92. The van der Waals surface area contributed by atoms with Crippen molar-refractivity contribution in [2.24, 2.45) is 0 Å². The second kappa shape index (κ2) is 9.70. The lowest BCUT2D eigenvalue weighted by atomic mass is 10.2. The van der Waals surface area contributed by atoms with Crippen molar-refractivity contribution in [1.82, 2.24) is 19.7 Å². The molecule has 1 saturated heterocycles. The zero-order chi connectivity index (χ0) is 23.4. The number of rotatable bonds is 7. The van der Waals surface area contributed by atoms with Crippen molar-refractivity contribution < 1.29 is 14.5 Å². The van der Waals surface area contributed by atoms with Gasteiger partial charge >= 0.3 is 0 Å². The molecule has 0 saturated carbocycles. The van der Waals surface area contributed by atoms with E-state index in [9.17, 15) is 19.7 Å². The molecule has 3 heterocycles. The molecule has 1 amide bonds. The van der Waals surface area contributed by atoms with E-state index in [1.807, 2.05) is 6.07 Å². The number of hydrogen-bond acceptors (Lipinski definition) is 7. The summed E-state index contributed by atoms with van der Waals surface area (Å²) in [6, 6.07) is 10.9. The summed E-state index contributed by atoms with van der Waals surface area (Å²) in [6.07, 6.45) is 4.89. The maximum Gasteiger partial charge on any atom is 0.294 e. The Bertz CT molecular complexity index is 1220. The summed E-state index contributed by atoms with van der Waals surface area (Å²) in [6.45, 7) is 2.77. The Morgan fingerprint density at radius 1 is 1.30 bits per heavy atom. The highest BCUT2D eigenvalue weighted by atomic mass is 16.6. The minimum atomic E-state index is -0.563. The first-order valence-corrected chi connectivity index (χ1v) is 10.6. The van der Waals surface area contributed by atoms with E-state index in [0.717, 1.165) is 18.4 Å². The van der Waals surface area contributed by atoms with Crippen LogP contribution in [0.2, 0.25) is 0 Å². The molecule has 170 valence electrons. The fourth-order valence-electron chi connectivity index (χ4n) is 3.85. The lowest BCUT2D eigenvalue weighted by Crippen LogP contribution is -2.40. The predicted molar refractivity (Wildman–Crippen MR) is 119 cm³/mol. The molecule has 3 aromatic rings. The van der Waals surface area contributed by atoms with Crippen LogP contribution < -0.4 is 5.43 Å². The highest BCUT2D eigenvalue weighted by Crippen LogP contribution is 2.23.